The van der Waals surface area contributed by atoms with Gasteiger partial charge in [-0.1, -0.05) is 35.9 Å². The number of nitrogens with zero attached hydrogens (tertiary/aromatic N) is 1. The van der Waals surface area contributed by atoms with E-state index in [9.17, 15) is 13.2 Å². The van der Waals surface area contributed by atoms with Crippen LogP contribution in [0.2, 0.25) is 0 Å². The number of carbonyl (C=O) groups excluding carboxylic acids is 1. The van der Waals surface area contributed by atoms with E-state index in [1.807, 2.05) is 20.8 Å². The Hall–Kier alpha value is -2.12. The third kappa shape index (κ3) is 3.37. The van der Waals surface area contributed by atoms with Gasteiger partial charge in [-0.05, 0) is 39.0 Å². The van der Waals surface area contributed by atoms with Gasteiger partial charge in [-0.25, -0.2) is 13.2 Å². The third-order valence-electron chi connectivity index (χ3n) is 3.62. The van der Waals surface area contributed by atoms with Crippen LogP contribution >= 0.6 is 0 Å². The number of ether oxygens (including phenoxy) is 2. The third-order valence-corrected chi connectivity index (χ3v) is 5.42. The van der Waals surface area contributed by atoms with E-state index in [0.29, 0.717) is 4.31 Å². The molecule has 1 aliphatic rings. The van der Waals surface area contributed by atoms with Crippen molar-refractivity contribution in [1.29, 1.82) is 0 Å². The number of benzene rings is 1. The van der Waals surface area contributed by atoms with Crippen LogP contribution in [0.25, 0.3) is 0 Å². The van der Waals surface area contributed by atoms with E-state index in [0.717, 1.165) is 11.1 Å². The van der Waals surface area contributed by atoms with E-state index < -0.39 is 21.8 Å². The molecule has 1 atom stereocenters. The summed E-state index contributed by atoms with van der Waals surface area (Å²) < 4.78 is 37.1. The van der Waals surface area contributed by atoms with Gasteiger partial charge in [-0.3, -0.25) is 0 Å². The highest BCUT2D eigenvalue weighted by molar-refractivity contribution is 7.89. The first-order chi connectivity index (χ1) is 11.2. The quantitative estimate of drug-likeness (QED) is 0.737. The average Bonchev–Trinajstić information content (AvgIpc) is 2.85. The Morgan fingerprint density at radius 2 is 2.00 bits per heavy atom. The summed E-state index contributed by atoms with van der Waals surface area (Å²) in [6.07, 6.45) is 2.08. The average molecular weight is 351 g/mol. The minimum Gasteiger partial charge on any atom is -0.443 e. The van der Waals surface area contributed by atoms with Crippen LogP contribution in [0.1, 0.15) is 19.4 Å². The second-order valence-electron chi connectivity index (χ2n) is 5.78. The Bertz CT molecular complexity index is 763. The Labute approximate surface area is 142 Å². The van der Waals surface area contributed by atoms with Gasteiger partial charge in [-0.2, -0.15) is 4.31 Å². The fourth-order valence-corrected chi connectivity index (χ4v) is 3.73. The lowest BCUT2D eigenvalue weighted by atomic mass is 10.2. The Morgan fingerprint density at radius 1 is 1.38 bits per heavy atom. The zero-order valence-corrected chi connectivity index (χ0v) is 14.8. The predicted molar refractivity (Wildman–Crippen MR) is 89.9 cm³/mol. The van der Waals surface area contributed by atoms with Crippen LogP contribution in [0, 0.1) is 6.92 Å². The molecule has 6 nitrogen and oxygen atoms in total. The van der Waals surface area contributed by atoms with Crippen LogP contribution in [-0.2, 0) is 19.5 Å². The molecule has 130 valence electrons. The van der Waals surface area contributed by atoms with Crippen LogP contribution in [0.15, 0.2) is 53.5 Å². The van der Waals surface area contributed by atoms with Gasteiger partial charge in [0.15, 0.2) is 0 Å². The highest BCUT2D eigenvalue weighted by atomic mass is 32.2. The fourth-order valence-electron chi connectivity index (χ4n) is 2.21. The summed E-state index contributed by atoms with van der Waals surface area (Å²) in [6, 6.07) is 6.21. The largest absolute Gasteiger partial charge is 0.443 e. The maximum absolute atomic E-state index is 12.9. The molecule has 1 fully saturated rings. The number of aryl methyl sites for hydroxylation is 1. The van der Waals surface area contributed by atoms with Gasteiger partial charge in [0.2, 0.25) is 5.72 Å². The fraction of sp³-hybridized carbons (Fsp3) is 0.353. The van der Waals surface area contributed by atoms with Crippen molar-refractivity contribution in [2.45, 2.75) is 31.4 Å². The van der Waals surface area contributed by atoms with Crippen LogP contribution in [0.5, 0.6) is 0 Å². The molecular weight excluding hydrogens is 330 g/mol. The molecule has 1 aromatic rings. The molecule has 1 unspecified atom stereocenters. The summed E-state index contributed by atoms with van der Waals surface area (Å²) in [6.45, 7) is 9.15. The molecule has 0 N–H and O–H groups in total. The van der Waals surface area contributed by atoms with Gasteiger partial charge in [0.05, 0.1) is 11.5 Å². The summed E-state index contributed by atoms with van der Waals surface area (Å²) in [5, 5.41) is 0. The normalized spacial score (nSPS) is 20.6. The lowest BCUT2D eigenvalue weighted by molar-refractivity contribution is -0.0440. The van der Waals surface area contributed by atoms with Gasteiger partial charge in [0.1, 0.15) is 6.61 Å². The van der Waals surface area contributed by atoms with E-state index >= 15 is 0 Å². The molecule has 0 aliphatic carbocycles. The van der Waals surface area contributed by atoms with E-state index in [1.165, 1.54) is 18.2 Å². The van der Waals surface area contributed by atoms with Gasteiger partial charge in [0, 0.05) is 0 Å². The van der Waals surface area contributed by atoms with Gasteiger partial charge < -0.3 is 9.47 Å². The lowest BCUT2D eigenvalue weighted by Gasteiger charge is -2.31. The monoisotopic (exact) mass is 351 g/mol. The lowest BCUT2D eigenvalue weighted by Crippen LogP contribution is -2.50. The first kappa shape index (κ1) is 18.2. The molecule has 0 saturated carbocycles. The number of allylic oxidation sites excluding steroid dienone is 1. The maximum atomic E-state index is 12.9. The summed E-state index contributed by atoms with van der Waals surface area (Å²) >= 11 is 0. The zero-order chi connectivity index (χ0) is 18.0. The van der Waals surface area contributed by atoms with Crippen molar-refractivity contribution < 1.29 is 22.7 Å². The molecule has 24 heavy (non-hydrogen) atoms. The van der Waals surface area contributed by atoms with Crippen LogP contribution in [0.4, 0.5) is 4.79 Å². The minimum atomic E-state index is -4.13. The molecule has 7 heteroatoms. The molecule has 0 radical (unpaired) electrons. The second kappa shape index (κ2) is 6.78. The van der Waals surface area contributed by atoms with Crippen molar-refractivity contribution >= 4 is 16.1 Å². The van der Waals surface area contributed by atoms with Crippen molar-refractivity contribution in [3.8, 4) is 0 Å². The van der Waals surface area contributed by atoms with Crippen molar-refractivity contribution in [2.24, 2.45) is 0 Å². The summed E-state index contributed by atoms with van der Waals surface area (Å²) in [5.74, 6) is 0. The molecule has 1 heterocycles. The van der Waals surface area contributed by atoms with Gasteiger partial charge in [-0.15, -0.1) is 0 Å². The highest BCUT2D eigenvalue weighted by Gasteiger charge is 2.53. The van der Waals surface area contributed by atoms with E-state index in [2.05, 4.69) is 6.58 Å². The zero-order valence-electron chi connectivity index (χ0n) is 14.0. The van der Waals surface area contributed by atoms with Crippen molar-refractivity contribution in [3.63, 3.8) is 0 Å². The summed E-state index contributed by atoms with van der Waals surface area (Å²) in [7, 11) is -4.13. The molecule has 0 aromatic heterocycles. The SMILES string of the molecule is C=CC1(OCC=C(C)C)COC(=O)N1S(=O)(=O)c1ccc(C)cc1. The highest BCUT2D eigenvalue weighted by Crippen LogP contribution is 2.33. The van der Waals surface area contributed by atoms with Crippen LogP contribution in [0.3, 0.4) is 0 Å². The van der Waals surface area contributed by atoms with Crippen molar-refractivity contribution in [1.82, 2.24) is 4.31 Å². The van der Waals surface area contributed by atoms with E-state index in [1.54, 1.807) is 18.2 Å². The topological polar surface area (TPSA) is 72.9 Å². The summed E-state index contributed by atoms with van der Waals surface area (Å²) in [4.78, 5) is 12.1. The molecule has 1 amide bonds. The number of hydrogen-bond acceptors (Lipinski definition) is 5. The Kier molecular flexibility index (Phi) is 5.15. The molecule has 0 spiro atoms. The predicted octanol–water partition coefficient (Wildman–Crippen LogP) is 3.00. The maximum Gasteiger partial charge on any atom is 0.426 e. The van der Waals surface area contributed by atoms with Crippen LogP contribution in [-0.4, -0.2) is 37.8 Å². The first-order valence-corrected chi connectivity index (χ1v) is 8.87. The number of rotatable bonds is 6. The smallest absolute Gasteiger partial charge is 0.426 e. The van der Waals surface area contributed by atoms with Gasteiger partial charge in [0.25, 0.3) is 10.0 Å². The van der Waals surface area contributed by atoms with Crippen LogP contribution < -0.4 is 0 Å². The number of hydrogen-bond donors (Lipinski definition) is 0. The number of cyclic esters (lactones) is 1. The number of carbonyl (C=O) groups is 1. The minimum absolute atomic E-state index is 0.0102. The van der Waals surface area contributed by atoms with E-state index in [-0.39, 0.29) is 18.1 Å². The molecule has 1 aliphatic heterocycles. The first-order valence-electron chi connectivity index (χ1n) is 7.43. The van der Waals surface area contributed by atoms with Crippen molar-refractivity contribution in [3.05, 3.63) is 54.1 Å². The Balaban J connectivity index is 2.43. The van der Waals surface area contributed by atoms with Gasteiger partial charge >= 0.3 is 6.09 Å². The molecular formula is C17H21NO5S. The second-order valence-corrected chi connectivity index (χ2v) is 7.57. The van der Waals surface area contributed by atoms with E-state index in [4.69, 9.17) is 9.47 Å². The molecule has 1 saturated heterocycles. The Morgan fingerprint density at radius 3 is 2.54 bits per heavy atom. The van der Waals surface area contributed by atoms with Crippen molar-refractivity contribution in [2.75, 3.05) is 13.2 Å². The number of sulfonamides is 1. The molecule has 2 rings (SSSR count). The molecule has 0 bridgehead atoms. The summed E-state index contributed by atoms with van der Waals surface area (Å²) in [5.41, 5.74) is 0.354. The molecule has 1 aromatic carbocycles. The number of amides is 1. The standard InChI is InChI=1S/C17H21NO5S/c1-5-17(23-11-10-13(2)3)12-22-16(19)18(17)24(20,21)15-8-6-14(4)7-9-15/h5-10H,1,11-12H2,2-4H3.